The van der Waals surface area contributed by atoms with Crippen LogP contribution in [0.4, 0.5) is 29.1 Å². The fraction of sp³-hybridized carbons (Fsp3) is 0.552. The van der Waals surface area contributed by atoms with Crippen molar-refractivity contribution in [3.8, 4) is 6.01 Å². The van der Waals surface area contributed by atoms with Crippen molar-refractivity contribution in [1.29, 1.82) is 0 Å². The summed E-state index contributed by atoms with van der Waals surface area (Å²) >= 11 is 0. The molecule has 4 heterocycles. The number of hydrogen-bond acceptors (Lipinski definition) is 8. The number of benzene rings is 1. The van der Waals surface area contributed by atoms with Crippen molar-refractivity contribution in [1.82, 2.24) is 19.8 Å². The van der Waals surface area contributed by atoms with E-state index >= 15 is 4.39 Å². The molecule has 1 aromatic carbocycles. The van der Waals surface area contributed by atoms with Gasteiger partial charge in [-0.25, -0.2) is 4.39 Å². The summed E-state index contributed by atoms with van der Waals surface area (Å²) in [5, 5.41) is 0. The summed E-state index contributed by atoms with van der Waals surface area (Å²) in [6.07, 6.45) is -2.91. The molecule has 9 nitrogen and oxygen atoms in total. The van der Waals surface area contributed by atoms with Crippen LogP contribution >= 0.6 is 0 Å². The summed E-state index contributed by atoms with van der Waals surface area (Å²) in [5.41, 5.74) is 4.52. The molecule has 5 rings (SSSR count). The van der Waals surface area contributed by atoms with Gasteiger partial charge in [-0.15, -0.1) is 0 Å². The Morgan fingerprint density at radius 3 is 2.69 bits per heavy atom. The molecule has 3 atom stereocenters. The summed E-state index contributed by atoms with van der Waals surface area (Å²) < 4.78 is 69.7. The van der Waals surface area contributed by atoms with Crippen LogP contribution in [0.1, 0.15) is 53.8 Å². The average molecular weight is 593 g/mol. The van der Waals surface area contributed by atoms with Crippen LogP contribution in [0.3, 0.4) is 0 Å². The van der Waals surface area contributed by atoms with Gasteiger partial charge in [0.05, 0.1) is 29.7 Å². The number of aryl methyl sites for hydroxylation is 1. The predicted octanol–water partition coefficient (Wildman–Crippen LogP) is 4.04. The lowest BCUT2D eigenvalue weighted by molar-refractivity contribution is -0.140. The van der Waals surface area contributed by atoms with Crippen LogP contribution in [0.25, 0.3) is 0 Å². The van der Waals surface area contributed by atoms with E-state index in [2.05, 4.69) is 16.5 Å². The van der Waals surface area contributed by atoms with Crippen molar-refractivity contribution in [3.63, 3.8) is 0 Å². The van der Waals surface area contributed by atoms with Gasteiger partial charge in [-0.2, -0.15) is 23.1 Å². The van der Waals surface area contributed by atoms with E-state index in [0.29, 0.717) is 43.3 Å². The van der Waals surface area contributed by atoms with E-state index in [9.17, 15) is 18.0 Å². The molecule has 3 aliphatic rings. The number of likely N-dealkylation sites (N-methyl/N-ethyl adjacent to an activating group) is 1. The Morgan fingerprint density at radius 2 is 2.05 bits per heavy atom. The number of ether oxygens (including phenoxy) is 2. The number of halogens is 4. The monoisotopic (exact) mass is 592 g/mol. The van der Waals surface area contributed by atoms with Gasteiger partial charge in [-0.1, -0.05) is 6.58 Å². The van der Waals surface area contributed by atoms with Crippen molar-refractivity contribution >= 4 is 17.4 Å². The molecule has 2 aromatic rings. The quantitative estimate of drug-likeness (QED) is 0.305. The van der Waals surface area contributed by atoms with Crippen molar-refractivity contribution in [2.45, 2.75) is 64.1 Å². The fourth-order valence-electron chi connectivity index (χ4n) is 6.20. The number of aromatic nitrogens is 2. The smallest absolute Gasteiger partial charge is 0.417 e. The van der Waals surface area contributed by atoms with Crippen LogP contribution in [0.5, 0.6) is 6.01 Å². The highest BCUT2D eigenvalue weighted by Gasteiger charge is 2.42. The second-order valence-corrected chi connectivity index (χ2v) is 11.3. The molecule has 0 radical (unpaired) electrons. The zero-order valence-corrected chi connectivity index (χ0v) is 24.0. The number of amides is 1. The number of likely N-dealkylation sites (tertiary alicyclic amines) is 1. The van der Waals surface area contributed by atoms with Crippen molar-refractivity contribution in [2.75, 3.05) is 50.5 Å². The standard InChI is InChI=1S/C29H36F4N6O3/c1-5-23(40)38-9-10-39(17(3)13-38)27-19-15-41-22(24-25(29(31,32)33)16(2)11-20(34)26(24)30)12-21(19)35-28(36-27)42-14-18-7-6-8-37(18)4/h5,11,17-18,22H,1,6-10,12-15,34H2,2-4H3/t17-,18+,22?/m1/s1. The third-order valence-electron chi connectivity index (χ3n) is 8.45. The first-order chi connectivity index (χ1) is 19.9. The number of fused-ring (bicyclic) bond motifs is 1. The Balaban J connectivity index is 1.52. The number of anilines is 2. The second kappa shape index (κ2) is 11.7. The SMILES string of the molecule is C=CC(=O)N1CCN(c2nc(OC[C@@H]3CCCN3C)nc3c2COC(c2c(F)c(N)cc(C)c2C(F)(F)F)C3)[C@H](C)C1. The third kappa shape index (κ3) is 5.76. The molecule has 2 saturated heterocycles. The summed E-state index contributed by atoms with van der Waals surface area (Å²) in [6.45, 7) is 9.28. The Morgan fingerprint density at radius 1 is 1.29 bits per heavy atom. The topological polar surface area (TPSA) is 97.0 Å². The van der Waals surface area contributed by atoms with Crippen LogP contribution in [-0.4, -0.2) is 77.6 Å². The molecule has 0 bridgehead atoms. The molecule has 3 aliphatic heterocycles. The number of piperazine rings is 1. The predicted molar refractivity (Wildman–Crippen MR) is 149 cm³/mol. The minimum atomic E-state index is -4.81. The lowest BCUT2D eigenvalue weighted by Gasteiger charge is -2.41. The van der Waals surface area contributed by atoms with E-state index in [-0.39, 0.29) is 48.3 Å². The number of nitrogens with zero attached hydrogens (tertiary/aromatic N) is 5. The summed E-state index contributed by atoms with van der Waals surface area (Å²) in [7, 11) is 2.02. The first-order valence-electron chi connectivity index (χ1n) is 14.1. The minimum absolute atomic E-state index is 0.0989. The molecular weight excluding hydrogens is 556 g/mol. The normalized spacial score (nSPS) is 23.2. The zero-order valence-electron chi connectivity index (χ0n) is 24.0. The molecule has 2 N–H and O–H groups in total. The molecule has 42 heavy (non-hydrogen) atoms. The Kier molecular flexibility index (Phi) is 8.35. The Labute approximate surface area is 242 Å². The summed E-state index contributed by atoms with van der Waals surface area (Å²) in [6, 6.07) is 1.14. The lowest BCUT2D eigenvalue weighted by Crippen LogP contribution is -2.54. The number of nitrogens with two attached hydrogens (primary N) is 1. The molecule has 228 valence electrons. The molecule has 13 heteroatoms. The van der Waals surface area contributed by atoms with Crippen LogP contribution in [-0.2, 0) is 28.7 Å². The summed E-state index contributed by atoms with van der Waals surface area (Å²) in [5.74, 6) is -0.776. The minimum Gasteiger partial charge on any atom is -0.462 e. The molecule has 1 unspecified atom stereocenters. The lowest BCUT2D eigenvalue weighted by atomic mass is 9.91. The van der Waals surface area contributed by atoms with Gasteiger partial charge in [0, 0.05) is 49.3 Å². The van der Waals surface area contributed by atoms with E-state index in [0.717, 1.165) is 25.5 Å². The van der Waals surface area contributed by atoms with Gasteiger partial charge in [0.25, 0.3) is 0 Å². The molecular formula is C29H36F4N6O3. The van der Waals surface area contributed by atoms with E-state index in [1.165, 1.54) is 13.0 Å². The Bertz CT molecular complexity index is 1370. The highest BCUT2D eigenvalue weighted by molar-refractivity contribution is 5.87. The van der Waals surface area contributed by atoms with E-state index in [1.807, 2.05) is 18.9 Å². The van der Waals surface area contributed by atoms with Gasteiger partial charge >= 0.3 is 12.2 Å². The fourth-order valence-corrected chi connectivity index (χ4v) is 6.20. The maximum absolute atomic E-state index is 15.3. The van der Waals surface area contributed by atoms with E-state index < -0.39 is 29.2 Å². The highest BCUT2D eigenvalue weighted by atomic mass is 19.4. The Hall–Kier alpha value is -3.45. The van der Waals surface area contributed by atoms with Crippen molar-refractivity contribution < 1.29 is 31.8 Å². The average Bonchev–Trinajstić information content (AvgIpc) is 3.36. The third-order valence-corrected chi connectivity index (χ3v) is 8.45. The van der Waals surface area contributed by atoms with Crippen molar-refractivity contribution in [2.24, 2.45) is 0 Å². The highest BCUT2D eigenvalue weighted by Crippen LogP contribution is 2.44. The number of carbonyl (C=O) groups is 1. The van der Waals surface area contributed by atoms with Crippen molar-refractivity contribution in [3.05, 3.63) is 52.5 Å². The molecule has 1 aromatic heterocycles. The first-order valence-corrected chi connectivity index (χ1v) is 14.1. The first kappa shape index (κ1) is 30.0. The van der Waals surface area contributed by atoms with Crippen LogP contribution in [0.2, 0.25) is 0 Å². The van der Waals surface area contributed by atoms with Gasteiger partial charge in [-0.05, 0) is 58.0 Å². The van der Waals surface area contributed by atoms with Gasteiger partial charge in [0.1, 0.15) is 12.4 Å². The second-order valence-electron chi connectivity index (χ2n) is 11.3. The number of hydrogen-bond donors (Lipinski definition) is 1. The number of alkyl halides is 3. The van der Waals surface area contributed by atoms with Gasteiger partial charge in [0.15, 0.2) is 5.82 Å². The van der Waals surface area contributed by atoms with E-state index in [4.69, 9.17) is 20.2 Å². The largest absolute Gasteiger partial charge is 0.462 e. The van der Waals surface area contributed by atoms with Gasteiger partial charge in [-0.3, -0.25) is 4.79 Å². The molecule has 0 aliphatic carbocycles. The van der Waals surface area contributed by atoms with Crippen LogP contribution < -0.4 is 15.4 Å². The van der Waals surface area contributed by atoms with Gasteiger partial charge < -0.3 is 29.9 Å². The zero-order chi connectivity index (χ0) is 30.3. The summed E-state index contributed by atoms with van der Waals surface area (Å²) in [4.78, 5) is 27.5. The maximum atomic E-state index is 15.3. The number of carbonyl (C=O) groups excluding carboxylic acids is 1. The number of nitrogen functional groups attached to an aromatic ring is 1. The van der Waals surface area contributed by atoms with E-state index in [1.54, 1.807) is 4.90 Å². The maximum Gasteiger partial charge on any atom is 0.417 e. The molecule has 2 fully saturated rings. The van der Waals surface area contributed by atoms with Crippen LogP contribution in [0.15, 0.2) is 18.7 Å². The molecule has 0 saturated carbocycles. The number of rotatable bonds is 6. The van der Waals surface area contributed by atoms with Crippen LogP contribution in [0, 0.1) is 12.7 Å². The molecule has 1 amide bonds. The van der Waals surface area contributed by atoms with Gasteiger partial charge in [0.2, 0.25) is 5.91 Å². The molecule has 0 spiro atoms.